The molecule has 1 nitrogen and oxygen atoms in total. The summed E-state index contributed by atoms with van der Waals surface area (Å²) >= 11 is 2.69. The zero-order valence-corrected chi connectivity index (χ0v) is 7.61. The van der Waals surface area contributed by atoms with E-state index in [2.05, 4.69) is 35.2 Å². The Morgan fingerprint density at radius 2 is 1.86 bits per heavy atom. The maximum absolute atomic E-state index is 5.19. The Balaban J connectivity index is 3.34. The van der Waals surface area contributed by atoms with Crippen LogP contribution in [0.5, 0.6) is 0 Å². The third-order valence-corrected chi connectivity index (χ3v) is 1.81. The summed E-state index contributed by atoms with van der Waals surface area (Å²) in [5.74, 6) is 0. The predicted octanol–water partition coefficient (Wildman–Crippen LogP) is 0.766. The molecule has 0 saturated heterocycles. The zero-order valence-electron chi connectivity index (χ0n) is 4.89. The van der Waals surface area contributed by atoms with Crippen LogP contribution in [-0.2, 0) is 4.43 Å². The van der Waals surface area contributed by atoms with E-state index in [4.69, 9.17) is 4.43 Å². The SMILES string of the molecule is C[Si](C)(C)OC=[Se]. The second kappa shape index (κ2) is 2.65. The van der Waals surface area contributed by atoms with Gasteiger partial charge in [-0.3, -0.25) is 0 Å². The first-order valence-electron chi connectivity index (χ1n) is 2.18. The van der Waals surface area contributed by atoms with Crippen molar-refractivity contribution in [2.45, 2.75) is 19.6 Å². The molecule has 7 heavy (non-hydrogen) atoms. The van der Waals surface area contributed by atoms with Crippen molar-refractivity contribution in [3.63, 3.8) is 0 Å². The van der Waals surface area contributed by atoms with Gasteiger partial charge in [0, 0.05) is 0 Å². The Morgan fingerprint density at radius 1 is 1.43 bits per heavy atom. The van der Waals surface area contributed by atoms with Crippen molar-refractivity contribution in [3.8, 4) is 0 Å². The van der Waals surface area contributed by atoms with Gasteiger partial charge in [-0.05, 0) is 0 Å². The summed E-state index contributed by atoms with van der Waals surface area (Å²) < 4.78 is 5.19. The summed E-state index contributed by atoms with van der Waals surface area (Å²) in [4.78, 5) is 0. The normalized spacial score (nSPS) is 10.7. The van der Waals surface area contributed by atoms with Crippen LogP contribution in [0.2, 0.25) is 19.6 Å². The Labute approximate surface area is 53.6 Å². The van der Waals surface area contributed by atoms with E-state index in [1.54, 1.807) is 5.11 Å². The average Bonchev–Trinajstić information content (AvgIpc) is 1.30. The van der Waals surface area contributed by atoms with Gasteiger partial charge in [-0.1, -0.05) is 0 Å². The minimum atomic E-state index is -1.24. The van der Waals surface area contributed by atoms with Crippen LogP contribution in [0.25, 0.3) is 0 Å². The molecule has 0 aliphatic rings. The van der Waals surface area contributed by atoms with Gasteiger partial charge < -0.3 is 0 Å². The van der Waals surface area contributed by atoms with E-state index in [-0.39, 0.29) is 0 Å². The minimum absolute atomic E-state index is 1.24. The van der Waals surface area contributed by atoms with Crippen LogP contribution in [-0.4, -0.2) is 29.0 Å². The van der Waals surface area contributed by atoms with Gasteiger partial charge in [-0.15, -0.1) is 0 Å². The molecule has 0 saturated carbocycles. The molecule has 0 aliphatic heterocycles. The Kier molecular flexibility index (Phi) is 2.80. The van der Waals surface area contributed by atoms with Crippen molar-refractivity contribution in [2.75, 3.05) is 0 Å². The molecular formula is C4H10OSeSi. The van der Waals surface area contributed by atoms with Gasteiger partial charge in [0.2, 0.25) is 0 Å². The standard InChI is InChI=1S/C4H10OSeSi/c1-7(2,3)5-4-6/h4H,1-3H3. The van der Waals surface area contributed by atoms with E-state index in [1.165, 1.54) is 0 Å². The van der Waals surface area contributed by atoms with Crippen molar-refractivity contribution in [3.05, 3.63) is 0 Å². The Bertz CT molecular complexity index is 66.6. The number of rotatable bonds is 2. The van der Waals surface area contributed by atoms with Crippen molar-refractivity contribution in [2.24, 2.45) is 0 Å². The first-order valence-corrected chi connectivity index (χ1v) is 6.57. The molecule has 0 aromatic heterocycles. The molecule has 3 heteroatoms. The molecular weight excluding hydrogens is 171 g/mol. The fourth-order valence-electron chi connectivity index (χ4n) is 0.144. The van der Waals surface area contributed by atoms with E-state index in [1.807, 2.05) is 0 Å². The average molecular weight is 181 g/mol. The van der Waals surface area contributed by atoms with Crippen molar-refractivity contribution < 1.29 is 4.43 Å². The van der Waals surface area contributed by atoms with Crippen LogP contribution in [0.1, 0.15) is 0 Å². The van der Waals surface area contributed by atoms with E-state index in [9.17, 15) is 0 Å². The second-order valence-corrected chi connectivity index (χ2v) is 7.19. The van der Waals surface area contributed by atoms with Gasteiger partial charge >= 0.3 is 53.1 Å². The van der Waals surface area contributed by atoms with Gasteiger partial charge in [0.1, 0.15) is 0 Å². The molecule has 0 fully saturated rings. The fourth-order valence-corrected chi connectivity index (χ4v) is 2.25. The molecule has 0 aromatic carbocycles. The third kappa shape index (κ3) is 6.41. The van der Waals surface area contributed by atoms with Gasteiger partial charge in [0.05, 0.1) is 0 Å². The predicted molar refractivity (Wildman–Crippen MR) is 36.2 cm³/mol. The molecule has 0 bridgehead atoms. The first kappa shape index (κ1) is 7.41. The van der Waals surface area contributed by atoms with Crippen molar-refractivity contribution in [1.29, 1.82) is 0 Å². The fraction of sp³-hybridized carbons (Fsp3) is 0.750. The van der Waals surface area contributed by atoms with E-state index < -0.39 is 8.32 Å². The first-order chi connectivity index (χ1) is 3.06. The van der Waals surface area contributed by atoms with Crippen LogP contribution in [0.15, 0.2) is 0 Å². The summed E-state index contributed by atoms with van der Waals surface area (Å²) in [5.41, 5.74) is 0. The summed E-state index contributed by atoms with van der Waals surface area (Å²) in [5, 5.41) is 1.65. The topological polar surface area (TPSA) is 9.23 Å². The summed E-state index contributed by atoms with van der Waals surface area (Å²) in [6, 6.07) is 0. The Morgan fingerprint density at radius 3 is 1.86 bits per heavy atom. The maximum atomic E-state index is 5.19. The summed E-state index contributed by atoms with van der Waals surface area (Å²) in [7, 11) is -1.24. The van der Waals surface area contributed by atoms with Crippen molar-refractivity contribution in [1.82, 2.24) is 0 Å². The molecule has 0 atom stereocenters. The molecule has 0 aliphatic carbocycles. The molecule has 0 spiro atoms. The van der Waals surface area contributed by atoms with Crippen LogP contribution in [0.3, 0.4) is 0 Å². The van der Waals surface area contributed by atoms with E-state index in [0.29, 0.717) is 0 Å². The van der Waals surface area contributed by atoms with Gasteiger partial charge in [0.15, 0.2) is 0 Å². The molecule has 0 radical (unpaired) electrons. The summed E-state index contributed by atoms with van der Waals surface area (Å²) in [6.45, 7) is 6.42. The number of hydrogen-bond acceptors (Lipinski definition) is 1. The van der Waals surface area contributed by atoms with Crippen LogP contribution >= 0.6 is 0 Å². The molecule has 0 amide bonds. The molecule has 0 rings (SSSR count). The molecule has 42 valence electrons. The van der Waals surface area contributed by atoms with Gasteiger partial charge in [-0.2, -0.15) is 0 Å². The van der Waals surface area contributed by atoms with Crippen LogP contribution < -0.4 is 0 Å². The molecule has 0 aromatic rings. The van der Waals surface area contributed by atoms with E-state index in [0.717, 1.165) is 0 Å². The molecule has 0 unspecified atom stereocenters. The quantitative estimate of drug-likeness (QED) is 0.572. The molecule has 0 N–H and O–H groups in total. The van der Waals surface area contributed by atoms with Gasteiger partial charge in [0.25, 0.3) is 0 Å². The van der Waals surface area contributed by atoms with Crippen molar-refractivity contribution >= 4 is 29.0 Å². The summed E-state index contributed by atoms with van der Waals surface area (Å²) in [6.07, 6.45) is 0. The van der Waals surface area contributed by atoms with E-state index >= 15 is 0 Å². The Hall–Kier alpha value is 0.406. The van der Waals surface area contributed by atoms with Crippen LogP contribution in [0, 0.1) is 0 Å². The third-order valence-electron chi connectivity index (χ3n) is 0.402. The van der Waals surface area contributed by atoms with Gasteiger partial charge in [-0.25, -0.2) is 0 Å². The number of hydrogen-bond donors (Lipinski definition) is 0. The van der Waals surface area contributed by atoms with Crippen LogP contribution in [0.4, 0.5) is 0 Å². The monoisotopic (exact) mass is 182 g/mol. The molecule has 0 heterocycles. The second-order valence-electron chi connectivity index (χ2n) is 2.33. The zero-order chi connectivity index (χ0) is 5.91.